The van der Waals surface area contributed by atoms with Crippen LogP contribution in [0.15, 0.2) is 36.4 Å². The third-order valence-corrected chi connectivity index (χ3v) is 3.61. The molecular weight excluding hydrogens is 265 g/mol. The minimum atomic E-state index is -0.259. The Labute approximate surface area is 125 Å². The van der Waals surface area contributed by atoms with E-state index in [4.69, 9.17) is 10.5 Å². The van der Waals surface area contributed by atoms with E-state index in [0.29, 0.717) is 18.0 Å². The summed E-state index contributed by atoms with van der Waals surface area (Å²) in [4.78, 5) is 0. The van der Waals surface area contributed by atoms with Crippen molar-refractivity contribution in [1.29, 1.82) is 0 Å². The van der Waals surface area contributed by atoms with E-state index in [2.05, 4.69) is 19.9 Å². The first kappa shape index (κ1) is 15.5. The van der Waals surface area contributed by atoms with Crippen LogP contribution < -0.4 is 10.5 Å². The molecule has 0 radical (unpaired) electrons. The third-order valence-electron chi connectivity index (χ3n) is 3.61. The van der Waals surface area contributed by atoms with Gasteiger partial charge in [-0.25, -0.2) is 4.39 Å². The molecule has 0 amide bonds. The average molecular weight is 287 g/mol. The van der Waals surface area contributed by atoms with Gasteiger partial charge in [0.2, 0.25) is 0 Å². The highest BCUT2D eigenvalue weighted by Crippen LogP contribution is 2.25. The van der Waals surface area contributed by atoms with Crippen molar-refractivity contribution >= 4 is 0 Å². The molecule has 2 nitrogen and oxygen atoms in total. The van der Waals surface area contributed by atoms with Gasteiger partial charge in [-0.3, -0.25) is 0 Å². The van der Waals surface area contributed by atoms with E-state index in [1.807, 2.05) is 19.1 Å². The molecule has 2 rings (SSSR count). The number of hydrogen-bond acceptors (Lipinski definition) is 2. The van der Waals surface area contributed by atoms with Crippen molar-refractivity contribution in [2.24, 2.45) is 5.73 Å². The topological polar surface area (TPSA) is 35.2 Å². The lowest BCUT2D eigenvalue weighted by Gasteiger charge is -2.13. The van der Waals surface area contributed by atoms with E-state index in [1.54, 1.807) is 12.1 Å². The number of aryl methyl sites for hydroxylation is 1. The molecule has 0 bridgehead atoms. The Morgan fingerprint density at radius 2 is 1.90 bits per heavy atom. The maximum atomic E-state index is 13.8. The summed E-state index contributed by atoms with van der Waals surface area (Å²) in [6.07, 6.45) is 0. The summed E-state index contributed by atoms with van der Waals surface area (Å²) < 4.78 is 19.6. The van der Waals surface area contributed by atoms with E-state index < -0.39 is 0 Å². The number of halogens is 1. The summed E-state index contributed by atoms with van der Waals surface area (Å²) in [7, 11) is 0. The lowest BCUT2D eigenvalue weighted by molar-refractivity contribution is 0.297. The molecule has 0 saturated carbocycles. The third kappa shape index (κ3) is 3.82. The molecule has 0 spiro atoms. The Balaban J connectivity index is 2.18. The molecule has 0 aliphatic carbocycles. The van der Waals surface area contributed by atoms with Crippen molar-refractivity contribution in [1.82, 2.24) is 0 Å². The van der Waals surface area contributed by atoms with Crippen molar-refractivity contribution in [2.75, 3.05) is 0 Å². The zero-order valence-electron chi connectivity index (χ0n) is 12.8. The van der Waals surface area contributed by atoms with Crippen molar-refractivity contribution in [2.45, 2.75) is 39.8 Å². The molecule has 0 saturated heterocycles. The first-order valence-corrected chi connectivity index (χ1v) is 7.22. The molecule has 112 valence electrons. The van der Waals surface area contributed by atoms with Gasteiger partial charge in [0.15, 0.2) is 0 Å². The fourth-order valence-corrected chi connectivity index (χ4v) is 2.15. The standard InChI is InChI=1S/C18H22FNO/c1-12(2)15-6-4-13(3)18(9-15)21-11-16-8-14(10-20)5-7-17(16)19/h4-9,12H,10-11,20H2,1-3H3. The highest BCUT2D eigenvalue weighted by atomic mass is 19.1. The predicted molar refractivity (Wildman–Crippen MR) is 83.9 cm³/mol. The molecule has 0 aromatic heterocycles. The van der Waals surface area contributed by atoms with E-state index in [9.17, 15) is 4.39 Å². The molecule has 0 aliphatic heterocycles. The van der Waals surface area contributed by atoms with Crippen LogP contribution in [0.5, 0.6) is 5.75 Å². The summed E-state index contributed by atoms with van der Waals surface area (Å²) in [5.41, 5.74) is 9.30. The van der Waals surface area contributed by atoms with Crippen LogP contribution in [-0.4, -0.2) is 0 Å². The predicted octanol–water partition coefficient (Wildman–Crippen LogP) is 4.30. The molecule has 2 aromatic rings. The second-order valence-electron chi connectivity index (χ2n) is 5.60. The van der Waals surface area contributed by atoms with Gasteiger partial charge >= 0.3 is 0 Å². The normalized spacial score (nSPS) is 11.0. The van der Waals surface area contributed by atoms with Crippen molar-refractivity contribution in [3.63, 3.8) is 0 Å². The van der Waals surface area contributed by atoms with Gasteiger partial charge < -0.3 is 10.5 Å². The van der Waals surface area contributed by atoms with E-state index in [0.717, 1.165) is 16.9 Å². The summed E-state index contributed by atoms with van der Waals surface area (Å²) in [6.45, 7) is 6.88. The molecule has 0 unspecified atom stereocenters. The largest absolute Gasteiger partial charge is 0.489 e. The SMILES string of the molecule is Cc1ccc(C(C)C)cc1OCc1cc(CN)ccc1F. The Morgan fingerprint density at radius 1 is 1.14 bits per heavy atom. The Morgan fingerprint density at radius 3 is 2.57 bits per heavy atom. The molecule has 2 aromatic carbocycles. The van der Waals surface area contributed by atoms with Crippen LogP contribution in [0.2, 0.25) is 0 Å². The zero-order chi connectivity index (χ0) is 15.4. The average Bonchev–Trinajstić information content (AvgIpc) is 2.47. The van der Waals surface area contributed by atoms with Gasteiger partial charge in [0.1, 0.15) is 18.2 Å². The summed E-state index contributed by atoms with van der Waals surface area (Å²) in [5.74, 6) is 0.980. The van der Waals surface area contributed by atoms with Crippen LogP contribution in [0.25, 0.3) is 0 Å². The number of ether oxygens (including phenoxy) is 1. The lowest BCUT2D eigenvalue weighted by atomic mass is 10.0. The monoisotopic (exact) mass is 287 g/mol. The molecule has 2 N–H and O–H groups in total. The van der Waals surface area contributed by atoms with Crippen molar-refractivity contribution in [3.8, 4) is 5.75 Å². The van der Waals surface area contributed by atoms with Gasteiger partial charge in [-0.05, 0) is 47.7 Å². The van der Waals surface area contributed by atoms with Crippen LogP contribution in [0.1, 0.15) is 42.0 Å². The van der Waals surface area contributed by atoms with E-state index in [-0.39, 0.29) is 12.4 Å². The quantitative estimate of drug-likeness (QED) is 0.890. The van der Waals surface area contributed by atoms with Gasteiger partial charge in [-0.2, -0.15) is 0 Å². The second-order valence-corrected chi connectivity index (χ2v) is 5.60. The van der Waals surface area contributed by atoms with Crippen LogP contribution in [0, 0.1) is 12.7 Å². The molecule has 21 heavy (non-hydrogen) atoms. The molecule has 0 atom stereocenters. The van der Waals surface area contributed by atoms with Crippen molar-refractivity contribution in [3.05, 3.63) is 64.5 Å². The Bertz CT molecular complexity index is 623. The minimum Gasteiger partial charge on any atom is -0.489 e. The van der Waals surface area contributed by atoms with Crippen LogP contribution in [0.4, 0.5) is 4.39 Å². The van der Waals surface area contributed by atoms with Crippen LogP contribution in [-0.2, 0) is 13.2 Å². The number of benzene rings is 2. The maximum Gasteiger partial charge on any atom is 0.129 e. The van der Waals surface area contributed by atoms with E-state index >= 15 is 0 Å². The molecule has 0 aliphatic rings. The number of rotatable bonds is 5. The minimum absolute atomic E-state index is 0.210. The smallest absolute Gasteiger partial charge is 0.129 e. The van der Waals surface area contributed by atoms with Gasteiger partial charge in [0.05, 0.1) is 0 Å². The first-order valence-electron chi connectivity index (χ1n) is 7.22. The van der Waals surface area contributed by atoms with Gasteiger partial charge in [-0.1, -0.05) is 32.0 Å². The molecular formula is C18H22FNO. The maximum absolute atomic E-state index is 13.8. The lowest BCUT2D eigenvalue weighted by Crippen LogP contribution is -2.03. The van der Waals surface area contributed by atoms with Crippen LogP contribution in [0.3, 0.4) is 0 Å². The summed E-state index contributed by atoms with van der Waals surface area (Å²) >= 11 is 0. The highest BCUT2D eigenvalue weighted by molar-refractivity contribution is 5.38. The van der Waals surface area contributed by atoms with Gasteiger partial charge in [-0.15, -0.1) is 0 Å². The summed E-state index contributed by atoms with van der Waals surface area (Å²) in [5, 5.41) is 0. The van der Waals surface area contributed by atoms with E-state index in [1.165, 1.54) is 11.6 Å². The van der Waals surface area contributed by atoms with Crippen LogP contribution >= 0.6 is 0 Å². The molecule has 0 fully saturated rings. The number of hydrogen-bond donors (Lipinski definition) is 1. The molecule has 3 heteroatoms. The highest BCUT2D eigenvalue weighted by Gasteiger charge is 2.08. The summed E-state index contributed by atoms with van der Waals surface area (Å²) in [6, 6.07) is 11.1. The fourth-order valence-electron chi connectivity index (χ4n) is 2.15. The number of nitrogens with two attached hydrogens (primary N) is 1. The Hall–Kier alpha value is -1.87. The van der Waals surface area contributed by atoms with Gasteiger partial charge in [0, 0.05) is 12.1 Å². The van der Waals surface area contributed by atoms with Crippen molar-refractivity contribution < 1.29 is 9.13 Å². The second kappa shape index (κ2) is 6.72. The van der Waals surface area contributed by atoms with Gasteiger partial charge in [0.25, 0.3) is 0 Å². The Kier molecular flexibility index (Phi) is 4.97. The first-order chi connectivity index (χ1) is 10.0. The fraction of sp³-hybridized carbons (Fsp3) is 0.333. The zero-order valence-corrected chi connectivity index (χ0v) is 12.8. The molecule has 0 heterocycles.